The van der Waals surface area contributed by atoms with Gasteiger partial charge in [-0.05, 0) is 6.92 Å². The number of rotatable bonds is 0. The van der Waals surface area contributed by atoms with Crippen molar-refractivity contribution >= 4 is 18.4 Å². The number of hydrogen-bond donors (Lipinski definition) is 2. The Kier molecular flexibility index (Phi) is 5.01. The van der Waals surface area contributed by atoms with Gasteiger partial charge in [0.25, 0.3) is 0 Å². The van der Waals surface area contributed by atoms with Gasteiger partial charge in [-0.1, -0.05) is 0 Å². The van der Waals surface area contributed by atoms with E-state index in [4.69, 9.17) is 0 Å². The van der Waals surface area contributed by atoms with Crippen molar-refractivity contribution in [2.24, 2.45) is 0 Å². The number of amides is 2. The summed E-state index contributed by atoms with van der Waals surface area (Å²) in [6.07, 6.45) is 0. The first kappa shape index (κ1) is 11.5. The highest BCUT2D eigenvalue weighted by Gasteiger charge is 2.21. The van der Waals surface area contributed by atoms with Crippen LogP contribution in [0.4, 0.5) is 4.79 Å². The van der Waals surface area contributed by atoms with Crippen LogP contribution in [0, 0.1) is 0 Å². The molecule has 0 radical (unpaired) electrons. The summed E-state index contributed by atoms with van der Waals surface area (Å²) < 4.78 is 0. The summed E-state index contributed by atoms with van der Waals surface area (Å²) in [4.78, 5) is 13.0. The molecule has 5 heteroatoms. The number of urea groups is 1. The Hall–Kier alpha value is -0.480. The molecule has 1 aliphatic heterocycles. The predicted molar refractivity (Wildman–Crippen MR) is 50.7 cm³/mol. The zero-order valence-corrected chi connectivity index (χ0v) is 8.28. The molecule has 72 valence electrons. The Balaban J connectivity index is 0.00000121. The van der Waals surface area contributed by atoms with Crippen LogP contribution in [0.1, 0.15) is 6.92 Å². The van der Waals surface area contributed by atoms with Crippen molar-refractivity contribution in [3.63, 3.8) is 0 Å². The first-order valence-corrected chi connectivity index (χ1v) is 3.94. The molecule has 2 amide bonds. The Morgan fingerprint density at radius 3 is 2.83 bits per heavy atom. The molecular weight excluding hydrogens is 178 g/mol. The molecule has 1 rings (SSSR count). The van der Waals surface area contributed by atoms with Crippen LogP contribution < -0.4 is 10.6 Å². The topological polar surface area (TPSA) is 44.4 Å². The van der Waals surface area contributed by atoms with E-state index in [1.54, 1.807) is 7.05 Å². The summed E-state index contributed by atoms with van der Waals surface area (Å²) in [5, 5.41) is 5.85. The number of halogens is 1. The minimum absolute atomic E-state index is 0. The maximum absolute atomic E-state index is 11.2. The third-order valence-corrected chi connectivity index (χ3v) is 1.98. The van der Waals surface area contributed by atoms with Gasteiger partial charge in [0.15, 0.2) is 0 Å². The van der Waals surface area contributed by atoms with Gasteiger partial charge in [0.2, 0.25) is 0 Å². The smallest absolute Gasteiger partial charge is 0.317 e. The maximum Gasteiger partial charge on any atom is 0.317 e. The van der Waals surface area contributed by atoms with Gasteiger partial charge in [-0.3, -0.25) is 0 Å². The van der Waals surface area contributed by atoms with Crippen LogP contribution >= 0.6 is 12.4 Å². The lowest BCUT2D eigenvalue weighted by atomic mass is 10.2. The van der Waals surface area contributed by atoms with Crippen molar-refractivity contribution in [2.45, 2.75) is 13.0 Å². The maximum atomic E-state index is 11.2. The van der Waals surface area contributed by atoms with E-state index >= 15 is 0 Å². The van der Waals surface area contributed by atoms with Crippen LogP contribution in [-0.2, 0) is 0 Å². The molecule has 4 nitrogen and oxygen atoms in total. The van der Waals surface area contributed by atoms with E-state index in [0.29, 0.717) is 6.04 Å². The zero-order chi connectivity index (χ0) is 8.27. The van der Waals surface area contributed by atoms with Gasteiger partial charge in [0.05, 0.1) is 0 Å². The average Bonchev–Trinajstić information content (AvgIpc) is 2.04. The Bertz CT molecular complexity index is 154. The molecule has 0 bridgehead atoms. The van der Waals surface area contributed by atoms with E-state index in [1.807, 2.05) is 11.8 Å². The fraction of sp³-hybridized carbons (Fsp3) is 0.857. The number of hydrogen-bond acceptors (Lipinski definition) is 2. The van der Waals surface area contributed by atoms with Crippen LogP contribution in [0.3, 0.4) is 0 Å². The second-order valence-electron chi connectivity index (χ2n) is 2.80. The van der Waals surface area contributed by atoms with Gasteiger partial charge in [-0.25, -0.2) is 4.79 Å². The van der Waals surface area contributed by atoms with E-state index in [1.165, 1.54) is 0 Å². The molecule has 2 N–H and O–H groups in total. The van der Waals surface area contributed by atoms with Gasteiger partial charge in [0, 0.05) is 32.7 Å². The summed E-state index contributed by atoms with van der Waals surface area (Å²) in [5.41, 5.74) is 0. The molecule has 0 aliphatic carbocycles. The summed E-state index contributed by atoms with van der Waals surface area (Å²) >= 11 is 0. The lowest BCUT2D eigenvalue weighted by molar-refractivity contribution is 0.166. The predicted octanol–water partition coefficient (Wildman–Crippen LogP) is 0.0413. The van der Waals surface area contributed by atoms with E-state index in [2.05, 4.69) is 10.6 Å². The van der Waals surface area contributed by atoms with Crippen LogP contribution in [-0.4, -0.2) is 43.7 Å². The molecule has 0 aromatic heterocycles. The number of piperazine rings is 1. The van der Waals surface area contributed by atoms with Gasteiger partial charge >= 0.3 is 6.03 Å². The zero-order valence-electron chi connectivity index (χ0n) is 7.46. The number of nitrogens with one attached hydrogen (secondary N) is 2. The van der Waals surface area contributed by atoms with Crippen LogP contribution in [0.25, 0.3) is 0 Å². The quantitative estimate of drug-likeness (QED) is 0.571. The molecule has 0 aromatic rings. The summed E-state index contributed by atoms with van der Waals surface area (Å²) in [7, 11) is 1.66. The van der Waals surface area contributed by atoms with Gasteiger partial charge in [-0.2, -0.15) is 0 Å². The summed E-state index contributed by atoms with van der Waals surface area (Å²) in [6.45, 7) is 4.65. The van der Waals surface area contributed by atoms with E-state index < -0.39 is 0 Å². The molecular formula is C7H16ClN3O. The highest BCUT2D eigenvalue weighted by atomic mass is 35.5. The second-order valence-corrected chi connectivity index (χ2v) is 2.80. The lowest BCUT2D eigenvalue weighted by Gasteiger charge is -2.33. The van der Waals surface area contributed by atoms with E-state index in [0.717, 1.165) is 19.6 Å². The average molecular weight is 194 g/mol. The molecule has 1 saturated heterocycles. The number of carbonyl (C=O) groups excluding carboxylic acids is 1. The largest absolute Gasteiger partial charge is 0.341 e. The molecule has 0 spiro atoms. The molecule has 1 fully saturated rings. The fourth-order valence-corrected chi connectivity index (χ4v) is 1.29. The van der Waals surface area contributed by atoms with Gasteiger partial charge < -0.3 is 15.5 Å². The van der Waals surface area contributed by atoms with E-state index in [-0.39, 0.29) is 18.4 Å². The number of nitrogens with zero attached hydrogens (tertiary/aromatic N) is 1. The highest BCUT2D eigenvalue weighted by Crippen LogP contribution is 2.01. The van der Waals surface area contributed by atoms with Crippen molar-refractivity contribution in [3.8, 4) is 0 Å². The second kappa shape index (κ2) is 5.22. The summed E-state index contributed by atoms with van der Waals surface area (Å²) in [5.74, 6) is 0. The van der Waals surface area contributed by atoms with Crippen molar-refractivity contribution in [1.29, 1.82) is 0 Å². The minimum Gasteiger partial charge on any atom is -0.341 e. The molecule has 0 unspecified atom stereocenters. The third kappa shape index (κ3) is 2.53. The third-order valence-electron chi connectivity index (χ3n) is 1.98. The van der Waals surface area contributed by atoms with Crippen molar-refractivity contribution in [2.75, 3.05) is 26.7 Å². The van der Waals surface area contributed by atoms with E-state index in [9.17, 15) is 4.79 Å². The Morgan fingerprint density at radius 2 is 2.33 bits per heavy atom. The molecule has 0 saturated carbocycles. The van der Waals surface area contributed by atoms with Crippen LogP contribution in [0.2, 0.25) is 0 Å². The Labute approximate surface area is 79.1 Å². The van der Waals surface area contributed by atoms with Gasteiger partial charge in [0.1, 0.15) is 0 Å². The monoisotopic (exact) mass is 193 g/mol. The minimum atomic E-state index is 0. The summed E-state index contributed by atoms with van der Waals surface area (Å²) in [6, 6.07) is 0.336. The SMILES string of the molecule is CNC(=O)N1CCNC[C@@H]1C.Cl. The molecule has 1 atom stereocenters. The fourth-order valence-electron chi connectivity index (χ4n) is 1.29. The molecule has 0 aromatic carbocycles. The normalized spacial score (nSPS) is 22.8. The van der Waals surface area contributed by atoms with Crippen molar-refractivity contribution in [1.82, 2.24) is 15.5 Å². The highest BCUT2D eigenvalue weighted by molar-refractivity contribution is 5.85. The Morgan fingerprint density at radius 1 is 1.67 bits per heavy atom. The molecule has 1 aliphatic rings. The van der Waals surface area contributed by atoms with Crippen LogP contribution in [0.15, 0.2) is 0 Å². The van der Waals surface area contributed by atoms with Crippen LogP contribution in [0.5, 0.6) is 0 Å². The standard InChI is InChI=1S/C7H15N3O.ClH/c1-6-5-9-3-4-10(6)7(11)8-2;/h6,9H,3-5H2,1-2H3,(H,8,11);1H/t6-;/m0./s1. The van der Waals surface area contributed by atoms with Crippen molar-refractivity contribution < 1.29 is 4.79 Å². The first-order chi connectivity index (χ1) is 5.25. The first-order valence-electron chi connectivity index (χ1n) is 3.94. The van der Waals surface area contributed by atoms with Gasteiger partial charge in [-0.15, -0.1) is 12.4 Å². The van der Waals surface area contributed by atoms with Crippen molar-refractivity contribution in [3.05, 3.63) is 0 Å². The molecule has 12 heavy (non-hydrogen) atoms. The molecule has 1 heterocycles. The lowest BCUT2D eigenvalue weighted by Crippen LogP contribution is -2.54. The number of carbonyl (C=O) groups is 1.